The van der Waals surface area contributed by atoms with Crippen molar-refractivity contribution in [3.05, 3.63) is 0 Å². The predicted molar refractivity (Wildman–Crippen MR) is 45.9 cm³/mol. The molecule has 0 aromatic carbocycles. The van der Waals surface area contributed by atoms with Crippen LogP contribution in [-0.2, 0) is 0 Å². The number of alkyl halides is 3. The molecule has 1 saturated heterocycles. The van der Waals surface area contributed by atoms with Crippen LogP contribution in [-0.4, -0.2) is 18.8 Å². The smallest absolute Gasteiger partial charge is 0.313 e. The fraction of sp³-hybridized carbons (Fsp3) is 1.00. The fourth-order valence-corrected chi connectivity index (χ4v) is 2.23. The normalized spacial score (nSPS) is 38.5. The van der Waals surface area contributed by atoms with Crippen molar-refractivity contribution in [2.45, 2.75) is 31.5 Å². The zero-order valence-corrected chi connectivity index (χ0v) is 7.92. The highest BCUT2D eigenvalue weighted by molar-refractivity contribution is 5.85. The van der Waals surface area contributed by atoms with Crippen LogP contribution >= 0.6 is 12.4 Å². The average Bonchev–Trinajstić information content (AvgIpc) is 2.54. The third-order valence-corrected chi connectivity index (χ3v) is 2.89. The molecule has 13 heavy (non-hydrogen) atoms. The summed E-state index contributed by atoms with van der Waals surface area (Å²) in [5.41, 5.74) is 0. The van der Waals surface area contributed by atoms with Gasteiger partial charge in [-0.05, 0) is 25.3 Å². The molecule has 3 atom stereocenters. The summed E-state index contributed by atoms with van der Waals surface area (Å²) in [7, 11) is 0. The predicted octanol–water partition coefficient (Wildman–Crippen LogP) is 2.36. The number of fused-ring (bicyclic) bond motifs is 1. The van der Waals surface area contributed by atoms with Gasteiger partial charge in [0.15, 0.2) is 0 Å². The van der Waals surface area contributed by atoms with E-state index in [0.717, 1.165) is 25.8 Å². The van der Waals surface area contributed by atoms with Crippen molar-refractivity contribution in [1.82, 2.24) is 5.32 Å². The van der Waals surface area contributed by atoms with E-state index in [9.17, 15) is 13.2 Å². The Hall–Kier alpha value is 0.0400. The van der Waals surface area contributed by atoms with Crippen LogP contribution in [0.4, 0.5) is 13.2 Å². The summed E-state index contributed by atoms with van der Waals surface area (Å²) in [5, 5.41) is 2.96. The molecule has 0 amide bonds. The van der Waals surface area contributed by atoms with E-state index in [1.165, 1.54) is 0 Å². The summed E-state index contributed by atoms with van der Waals surface area (Å²) in [6, 6.07) is -0.257. The van der Waals surface area contributed by atoms with E-state index in [0.29, 0.717) is 0 Å². The molecule has 2 rings (SSSR count). The van der Waals surface area contributed by atoms with Crippen molar-refractivity contribution in [3.8, 4) is 0 Å². The average molecular weight is 216 g/mol. The lowest BCUT2D eigenvalue weighted by molar-refractivity contribution is -0.152. The number of hydrogen-bond acceptors (Lipinski definition) is 1. The molecular weight excluding hydrogens is 203 g/mol. The molecule has 0 bridgehead atoms. The Morgan fingerprint density at radius 1 is 1.15 bits per heavy atom. The van der Waals surface area contributed by atoms with Gasteiger partial charge in [-0.2, -0.15) is 13.2 Å². The lowest BCUT2D eigenvalue weighted by Crippen LogP contribution is -2.24. The second-order valence-corrected chi connectivity index (χ2v) is 3.71. The molecule has 5 heteroatoms. The van der Waals surface area contributed by atoms with Crippen LogP contribution in [0.5, 0.6) is 0 Å². The molecule has 1 aliphatic heterocycles. The van der Waals surface area contributed by atoms with Gasteiger partial charge in [0.25, 0.3) is 0 Å². The second kappa shape index (κ2) is 3.65. The topological polar surface area (TPSA) is 12.0 Å². The monoisotopic (exact) mass is 215 g/mol. The Morgan fingerprint density at radius 2 is 1.85 bits per heavy atom. The van der Waals surface area contributed by atoms with Gasteiger partial charge in [0.1, 0.15) is 0 Å². The first-order chi connectivity index (χ1) is 5.61. The Bertz CT molecular complexity index is 171. The van der Waals surface area contributed by atoms with E-state index >= 15 is 0 Å². The minimum absolute atomic E-state index is 0. The zero-order chi connectivity index (χ0) is 8.77. The van der Waals surface area contributed by atoms with Crippen molar-refractivity contribution in [3.63, 3.8) is 0 Å². The Balaban J connectivity index is 0.000000845. The van der Waals surface area contributed by atoms with Crippen molar-refractivity contribution < 1.29 is 13.2 Å². The summed E-state index contributed by atoms with van der Waals surface area (Å²) < 4.78 is 36.7. The first kappa shape index (κ1) is 11.1. The van der Waals surface area contributed by atoms with Crippen LogP contribution in [0, 0.1) is 11.8 Å². The molecule has 2 aliphatic rings. The van der Waals surface area contributed by atoms with Crippen molar-refractivity contribution in [2.24, 2.45) is 11.8 Å². The Labute approximate surface area is 81.5 Å². The summed E-state index contributed by atoms with van der Waals surface area (Å²) in [6.45, 7) is 0.758. The van der Waals surface area contributed by atoms with Gasteiger partial charge in [0.05, 0.1) is 5.92 Å². The van der Waals surface area contributed by atoms with Crippen LogP contribution < -0.4 is 5.32 Å². The first-order valence-electron chi connectivity index (χ1n) is 4.41. The van der Waals surface area contributed by atoms with Crippen LogP contribution in [0.15, 0.2) is 0 Å². The minimum atomic E-state index is -3.97. The van der Waals surface area contributed by atoms with Gasteiger partial charge in [0, 0.05) is 6.04 Å². The molecule has 1 nitrogen and oxygen atoms in total. The number of hydrogen-bond donors (Lipinski definition) is 1. The van der Waals surface area contributed by atoms with Gasteiger partial charge in [-0.1, -0.05) is 6.42 Å². The highest BCUT2D eigenvalue weighted by Crippen LogP contribution is 2.53. The number of halogens is 4. The maximum absolute atomic E-state index is 12.2. The van der Waals surface area contributed by atoms with Crippen LogP contribution in [0.2, 0.25) is 0 Å². The van der Waals surface area contributed by atoms with E-state index < -0.39 is 12.1 Å². The van der Waals surface area contributed by atoms with Crippen LogP contribution in [0.25, 0.3) is 0 Å². The maximum atomic E-state index is 12.2. The third kappa shape index (κ3) is 2.10. The molecule has 78 valence electrons. The van der Waals surface area contributed by atoms with Crippen molar-refractivity contribution >= 4 is 12.4 Å². The van der Waals surface area contributed by atoms with E-state index in [1.54, 1.807) is 0 Å². The van der Waals surface area contributed by atoms with Gasteiger partial charge < -0.3 is 5.32 Å². The Morgan fingerprint density at radius 3 is 2.46 bits per heavy atom. The minimum Gasteiger partial charge on any atom is -0.313 e. The zero-order valence-electron chi connectivity index (χ0n) is 7.10. The highest BCUT2D eigenvalue weighted by Gasteiger charge is 2.63. The van der Waals surface area contributed by atoms with Crippen LogP contribution in [0.3, 0.4) is 0 Å². The molecule has 0 aromatic rings. The fourth-order valence-electron chi connectivity index (χ4n) is 2.23. The lowest BCUT2D eigenvalue weighted by Gasteiger charge is -2.07. The van der Waals surface area contributed by atoms with Gasteiger partial charge >= 0.3 is 6.18 Å². The first-order valence-corrected chi connectivity index (χ1v) is 4.41. The van der Waals surface area contributed by atoms with Gasteiger partial charge in [-0.25, -0.2) is 0 Å². The van der Waals surface area contributed by atoms with Crippen LogP contribution in [0.1, 0.15) is 19.3 Å². The molecule has 1 saturated carbocycles. The SMILES string of the molecule is Cl.FC(F)(F)[C@H]1[C@@H]2CCCCN[C@@H]21. The van der Waals surface area contributed by atoms with Crippen molar-refractivity contribution in [1.29, 1.82) is 0 Å². The number of nitrogens with one attached hydrogen (secondary N) is 1. The molecule has 0 aromatic heterocycles. The quantitative estimate of drug-likeness (QED) is 0.654. The molecule has 1 heterocycles. The second-order valence-electron chi connectivity index (χ2n) is 3.71. The summed E-state index contributed by atoms with van der Waals surface area (Å²) in [6.07, 6.45) is -1.25. The summed E-state index contributed by atoms with van der Waals surface area (Å²) in [4.78, 5) is 0. The molecule has 1 aliphatic carbocycles. The highest BCUT2D eigenvalue weighted by atomic mass is 35.5. The molecule has 0 radical (unpaired) electrons. The summed E-state index contributed by atoms with van der Waals surface area (Å²) in [5.74, 6) is -1.16. The van der Waals surface area contributed by atoms with Gasteiger partial charge in [0.2, 0.25) is 0 Å². The van der Waals surface area contributed by atoms with E-state index in [1.807, 2.05) is 0 Å². The lowest BCUT2D eigenvalue weighted by atomic mass is 10.1. The Kier molecular flexibility index (Phi) is 3.12. The third-order valence-electron chi connectivity index (χ3n) is 2.89. The molecule has 0 spiro atoms. The molecule has 2 fully saturated rings. The van der Waals surface area contributed by atoms with Crippen molar-refractivity contribution in [2.75, 3.05) is 6.54 Å². The van der Waals surface area contributed by atoms with E-state index in [2.05, 4.69) is 5.32 Å². The largest absolute Gasteiger partial charge is 0.393 e. The molecule has 0 unspecified atom stereocenters. The number of rotatable bonds is 0. The van der Waals surface area contributed by atoms with Gasteiger partial charge in [-0.3, -0.25) is 0 Å². The maximum Gasteiger partial charge on any atom is 0.393 e. The summed E-state index contributed by atoms with van der Waals surface area (Å²) >= 11 is 0. The van der Waals surface area contributed by atoms with E-state index in [-0.39, 0.29) is 24.4 Å². The molecular formula is C8H13ClF3N. The van der Waals surface area contributed by atoms with E-state index in [4.69, 9.17) is 0 Å². The standard InChI is InChI=1S/C8H12F3N.ClH/c9-8(10,11)6-5-3-1-2-4-12-7(5)6;/h5-7,12H,1-4H2;1H/t5-,6-,7-;/m0./s1. The molecule has 1 N–H and O–H groups in total. The van der Waals surface area contributed by atoms with Gasteiger partial charge in [-0.15, -0.1) is 12.4 Å².